The quantitative estimate of drug-likeness (QED) is 0.0933. The van der Waals surface area contributed by atoms with E-state index >= 15 is 0 Å². The van der Waals surface area contributed by atoms with Gasteiger partial charge in [0, 0.05) is 12.8 Å². The van der Waals surface area contributed by atoms with Gasteiger partial charge in [-0.25, -0.2) is 0 Å². The van der Waals surface area contributed by atoms with E-state index < -0.39 is 10.8 Å². The lowest BCUT2D eigenvalue weighted by Gasteiger charge is -2.37. The van der Waals surface area contributed by atoms with Gasteiger partial charge < -0.3 is 18.9 Å². The summed E-state index contributed by atoms with van der Waals surface area (Å²) in [4.78, 5) is 36.6. The zero-order valence-electron chi connectivity index (χ0n) is 32.0. The Balaban J connectivity index is 0.00000197. The molecule has 50 heavy (non-hydrogen) atoms. The maximum atomic E-state index is 12.6. The SMILES string of the molecule is CC.CC.CC.CCC(=O)Oc1ccc(C(c2ccc(OC)cc2)(c2ccc(OC(=O)CC)cc2)c2ccc(OC(=O)C(C)(C)C)cc2)cc1. The highest BCUT2D eigenvalue weighted by atomic mass is 16.5. The van der Waals surface area contributed by atoms with Gasteiger partial charge in [0.25, 0.3) is 0 Å². The number of hydrogen-bond acceptors (Lipinski definition) is 7. The number of carbonyl (C=O) groups is 3. The Morgan fingerprint density at radius 1 is 0.460 bits per heavy atom. The summed E-state index contributed by atoms with van der Waals surface area (Å²) < 4.78 is 22.1. The predicted octanol–water partition coefficient (Wildman–Crippen LogP) is 10.7. The van der Waals surface area contributed by atoms with E-state index in [2.05, 4.69) is 0 Å². The normalized spacial score (nSPS) is 10.4. The monoisotopic (exact) mass is 684 g/mol. The number of carbonyl (C=O) groups excluding carboxylic acids is 3. The third-order valence-electron chi connectivity index (χ3n) is 7.25. The predicted molar refractivity (Wildman–Crippen MR) is 202 cm³/mol. The summed E-state index contributed by atoms with van der Waals surface area (Å²) >= 11 is 0. The maximum absolute atomic E-state index is 12.6. The lowest BCUT2D eigenvalue weighted by Crippen LogP contribution is -2.31. The van der Waals surface area contributed by atoms with Gasteiger partial charge in [0.2, 0.25) is 0 Å². The molecule has 0 aliphatic heterocycles. The molecular formula is C43H56O7. The highest BCUT2D eigenvalue weighted by molar-refractivity contribution is 5.78. The lowest BCUT2D eigenvalue weighted by molar-refractivity contribution is -0.143. The highest BCUT2D eigenvalue weighted by Crippen LogP contribution is 2.46. The smallest absolute Gasteiger partial charge is 0.316 e. The summed E-state index contributed by atoms with van der Waals surface area (Å²) in [6.45, 7) is 20.9. The summed E-state index contributed by atoms with van der Waals surface area (Å²) in [6, 6.07) is 30.1. The summed E-state index contributed by atoms with van der Waals surface area (Å²) in [5, 5.41) is 0. The number of rotatable bonds is 10. The molecule has 0 radical (unpaired) electrons. The van der Waals surface area contributed by atoms with Crippen LogP contribution in [0, 0.1) is 5.41 Å². The van der Waals surface area contributed by atoms with Gasteiger partial charge in [-0.05, 0) is 91.6 Å². The zero-order valence-corrected chi connectivity index (χ0v) is 32.0. The van der Waals surface area contributed by atoms with Crippen LogP contribution in [-0.4, -0.2) is 25.0 Å². The molecule has 0 atom stereocenters. The van der Waals surface area contributed by atoms with Crippen LogP contribution in [0.25, 0.3) is 0 Å². The molecule has 0 aliphatic carbocycles. The Morgan fingerprint density at radius 2 is 0.720 bits per heavy atom. The van der Waals surface area contributed by atoms with Gasteiger partial charge in [0.05, 0.1) is 17.9 Å². The molecule has 0 aromatic heterocycles. The molecule has 0 heterocycles. The molecule has 0 N–H and O–H groups in total. The van der Waals surface area contributed by atoms with Crippen molar-refractivity contribution in [1.29, 1.82) is 0 Å². The molecule has 0 amide bonds. The summed E-state index contributed by atoms with van der Waals surface area (Å²) in [6.07, 6.45) is 0.525. The van der Waals surface area contributed by atoms with Crippen LogP contribution < -0.4 is 18.9 Å². The molecule has 0 bridgehead atoms. The van der Waals surface area contributed by atoms with Crippen LogP contribution in [0.15, 0.2) is 97.1 Å². The highest BCUT2D eigenvalue weighted by Gasteiger charge is 2.39. The second-order valence-corrected chi connectivity index (χ2v) is 11.3. The molecule has 7 nitrogen and oxygen atoms in total. The average molecular weight is 685 g/mol. The first kappa shape index (κ1) is 43.1. The first-order chi connectivity index (χ1) is 24.0. The van der Waals surface area contributed by atoms with E-state index in [4.69, 9.17) is 18.9 Å². The van der Waals surface area contributed by atoms with Crippen LogP contribution in [0.4, 0.5) is 0 Å². The molecule has 0 fully saturated rings. The fraction of sp³-hybridized carbons (Fsp3) is 0.372. The number of methoxy groups -OCH3 is 1. The van der Waals surface area contributed by atoms with E-state index in [0.29, 0.717) is 23.0 Å². The largest absolute Gasteiger partial charge is 0.497 e. The fourth-order valence-corrected chi connectivity index (χ4v) is 4.83. The van der Waals surface area contributed by atoms with Crippen LogP contribution >= 0.6 is 0 Å². The maximum Gasteiger partial charge on any atom is 0.316 e. The Bertz CT molecular complexity index is 1520. The molecule has 4 aromatic rings. The van der Waals surface area contributed by atoms with Crippen molar-refractivity contribution in [3.8, 4) is 23.0 Å². The van der Waals surface area contributed by atoms with Crippen LogP contribution in [0.5, 0.6) is 23.0 Å². The van der Waals surface area contributed by atoms with Crippen LogP contribution in [0.2, 0.25) is 0 Å². The molecule has 7 heteroatoms. The topological polar surface area (TPSA) is 88.1 Å². The van der Waals surface area contributed by atoms with Crippen molar-refractivity contribution in [2.24, 2.45) is 5.41 Å². The molecule has 0 spiro atoms. The van der Waals surface area contributed by atoms with E-state index in [9.17, 15) is 14.4 Å². The fourth-order valence-electron chi connectivity index (χ4n) is 4.83. The Kier molecular flexibility index (Phi) is 18.3. The average Bonchev–Trinajstić information content (AvgIpc) is 3.16. The number of hydrogen-bond donors (Lipinski definition) is 0. The van der Waals surface area contributed by atoms with Crippen molar-refractivity contribution in [2.75, 3.05) is 7.11 Å². The van der Waals surface area contributed by atoms with E-state index in [-0.39, 0.29) is 30.7 Å². The molecule has 0 saturated carbocycles. The minimum Gasteiger partial charge on any atom is -0.497 e. The number of benzene rings is 4. The minimum atomic E-state index is -0.889. The molecule has 0 unspecified atom stereocenters. The third-order valence-corrected chi connectivity index (χ3v) is 7.25. The molecule has 4 aromatic carbocycles. The van der Waals surface area contributed by atoms with Crippen molar-refractivity contribution in [3.63, 3.8) is 0 Å². The first-order valence-corrected chi connectivity index (χ1v) is 17.6. The van der Waals surface area contributed by atoms with Crippen molar-refractivity contribution in [1.82, 2.24) is 0 Å². The van der Waals surface area contributed by atoms with Gasteiger partial charge in [-0.15, -0.1) is 0 Å². The summed E-state index contributed by atoms with van der Waals surface area (Å²) in [7, 11) is 1.62. The lowest BCUT2D eigenvalue weighted by atomic mass is 9.65. The van der Waals surface area contributed by atoms with Gasteiger partial charge >= 0.3 is 17.9 Å². The Labute approximate surface area is 299 Å². The van der Waals surface area contributed by atoms with Crippen molar-refractivity contribution in [3.05, 3.63) is 119 Å². The molecule has 270 valence electrons. The Hall–Kier alpha value is -4.91. The van der Waals surface area contributed by atoms with Gasteiger partial charge in [0.1, 0.15) is 23.0 Å². The van der Waals surface area contributed by atoms with Gasteiger partial charge in [-0.3, -0.25) is 14.4 Å². The van der Waals surface area contributed by atoms with Crippen LogP contribution in [-0.2, 0) is 19.8 Å². The van der Waals surface area contributed by atoms with Crippen LogP contribution in [0.3, 0.4) is 0 Å². The van der Waals surface area contributed by atoms with Gasteiger partial charge in [0.15, 0.2) is 0 Å². The summed E-state index contributed by atoms with van der Waals surface area (Å²) in [5.74, 6) is 1.04. The minimum absolute atomic E-state index is 0.263. The van der Waals surface area contributed by atoms with E-state index in [0.717, 1.165) is 22.3 Å². The second kappa shape index (κ2) is 21.2. The van der Waals surface area contributed by atoms with E-state index in [1.807, 2.05) is 102 Å². The standard InChI is InChI=1S/C37H38O7.3C2H6/c1-7-33(38)42-30-19-11-26(12-20-30)37(25-9-17-29(41-6)18-10-25,27-13-21-31(22-14-27)43-34(39)8-2)28-15-23-32(24-16-28)44-35(40)36(3,4)5;3*1-2/h9-24H,7-8H2,1-6H3;3*1-2H3. The van der Waals surface area contributed by atoms with Crippen molar-refractivity contribution < 1.29 is 33.3 Å². The van der Waals surface area contributed by atoms with Crippen molar-refractivity contribution >= 4 is 17.9 Å². The van der Waals surface area contributed by atoms with Gasteiger partial charge in [-0.1, -0.05) is 104 Å². The van der Waals surface area contributed by atoms with E-state index in [1.165, 1.54) is 0 Å². The molecule has 4 rings (SSSR count). The number of ether oxygens (including phenoxy) is 4. The zero-order chi connectivity index (χ0) is 37.9. The van der Waals surface area contributed by atoms with E-state index in [1.54, 1.807) is 78.1 Å². The summed E-state index contributed by atoms with van der Waals surface area (Å²) in [5.41, 5.74) is 2.04. The van der Waals surface area contributed by atoms with Crippen LogP contribution in [0.1, 0.15) is 111 Å². The van der Waals surface area contributed by atoms with Crippen molar-refractivity contribution in [2.45, 2.75) is 94.4 Å². The third kappa shape index (κ3) is 11.1. The van der Waals surface area contributed by atoms with Gasteiger partial charge in [-0.2, -0.15) is 0 Å². The second-order valence-electron chi connectivity index (χ2n) is 11.3. The molecular weight excluding hydrogens is 628 g/mol. The number of esters is 3. The molecule has 0 saturated heterocycles. The Morgan fingerprint density at radius 3 is 0.960 bits per heavy atom. The first-order valence-electron chi connectivity index (χ1n) is 17.6. The molecule has 0 aliphatic rings.